The quantitative estimate of drug-likeness (QED) is 0.568. The van der Waals surface area contributed by atoms with Crippen LogP contribution in [-0.4, -0.2) is 58.9 Å². The first-order valence-corrected chi connectivity index (χ1v) is 12.3. The van der Waals surface area contributed by atoms with Crippen LogP contribution in [0.4, 0.5) is 5.69 Å². The number of hydrogen-bond acceptors (Lipinski definition) is 5. The molecule has 0 saturated carbocycles. The monoisotopic (exact) mass is 474 g/mol. The molecule has 5 rings (SSSR count). The summed E-state index contributed by atoms with van der Waals surface area (Å²) in [5.74, 6) is 0.527. The van der Waals surface area contributed by atoms with Gasteiger partial charge in [0.15, 0.2) is 0 Å². The molecule has 1 unspecified atom stereocenters. The number of aromatic amines is 1. The first-order valence-electron chi connectivity index (χ1n) is 12.3. The highest BCUT2D eigenvalue weighted by Crippen LogP contribution is 2.31. The number of anilines is 1. The van der Waals surface area contributed by atoms with E-state index >= 15 is 0 Å². The summed E-state index contributed by atoms with van der Waals surface area (Å²) in [6, 6.07) is 13.0. The minimum Gasteiger partial charge on any atom is -0.462 e. The van der Waals surface area contributed by atoms with Crippen LogP contribution in [-0.2, 0) is 14.3 Å². The first-order chi connectivity index (χ1) is 16.9. The van der Waals surface area contributed by atoms with Crippen molar-refractivity contribution in [1.29, 1.82) is 0 Å². The molecule has 1 atom stereocenters. The summed E-state index contributed by atoms with van der Waals surface area (Å²) in [6.45, 7) is 5.83. The summed E-state index contributed by atoms with van der Waals surface area (Å²) >= 11 is 0. The van der Waals surface area contributed by atoms with E-state index in [4.69, 9.17) is 9.72 Å². The lowest BCUT2D eigenvalue weighted by Gasteiger charge is -2.32. The number of piperidine rings is 1. The predicted octanol–water partition coefficient (Wildman–Crippen LogP) is 3.81. The van der Waals surface area contributed by atoms with Crippen molar-refractivity contribution in [2.45, 2.75) is 39.0 Å². The molecule has 0 bridgehead atoms. The standard InChI is InChI=1S/C27H30N4O4/c1-3-35-27(34)19-5-7-21(8-6-19)31-16-20(15-24(31)32)26(33)30-12-10-18(11-13-30)25-28-22-9-4-17(2)14-23(22)29-25/h4-9,14,18,20H,3,10-13,15-16H2,1-2H3,(H,28,29). The SMILES string of the molecule is CCOC(=O)c1ccc(N2CC(C(=O)N3CCC(c4nc5ccc(C)cc5[nH]4)CC3)CC2=O)cc1. The lowest BCUT2D eigenvalue weighted by atomic mass is 9.95. The molecule has 0 radical (unpaired) electrons. The van der Waals surface area contributed by atoms with Gasteiger partial charge in [0.05, 0.1) is 29.1 Å². The number of carbonyl (C=O) groups is 3. The normalized spacial score (nSPS) is 18.9. The van der Waals surface area contributed by atoms with Crippen LogP contribution in [0.25, 0.3) is 11.0 Å². The second-order valence-corrected chi connectivity index (χ2v) is 9.41. The van der Waals surface area contributed by atoms with Gasteiger partial charge in [-0.15, -0.1) is 0 Å². The summed E-state index contributed by atoms with van der Waals surface area (Å²) in [4.78, 5) is 49.5. The molecule has 2 saturated heterocycles. The number of nitrogens with one attached hydrogen (secondary N) is 1. The lowest BCUT2D eigenvalue weighted by Crippen LogP contribution is -2.42. The Morgan fingerprint density at radius 1 is 1.11 bits per heavy atom. The van der Waals surface area contributed by atoms with Gasteiger partial charge in [0.1, 0.15) is 5.82 Å². The number of ether oxygens (including phenoxy) is 1. The molecule has 35 heavy (non-hydrogen) atoms. The minimum absolute atomic E-state index is 0.0441. The van der Waals surface area contributed by atoms with Crippen molar-refractivity contribution in [2.24, 2.45) is 5.92 Å². The number of fused-ring (bicyclic) bond motifs is 1. The van der Waals surface area contributed by atoms with Crippen LogP contribution < -0.4 is 4.90 Å². The van der Waals surface area contributed by atoms with Gasteiger partial charge >= 0.3 is 5.97 Å². The van der Waals surface area contributed by atoms with Gasteiger partial charge in [-0.05, 0) is 68.7 Å². The smallest absolute Gasteiger partial charge is 0.338 e. The van der Waals surface area contributed by atoms with Crippen LogP contribution in [0.5, 0.6) is 0 Å². The highest BCUT2D eigenvalue weighted by Gasteiger charge is 2.38. The van der Waals surface area contributed by atoms with Crippen molar-refractivity contribution in [2.75, 3.05) is 31.1 Å². The van der Waals surface area contributed by atoms with Crippen molar-refractivity contribution in [1.82, 2.24) is 14.9 Å². The van der Waals surface area contributed by atoms with E-state index < -0.39 is 0 Å². The molecule has 8 heteroatoms. The number of benzene rings is 2. The van der Waals surface area contributed by atoms with E-state index in [1.54, 1.807) is 36.1 Å². The van der Waals surface area contributed by atoms with E-state index in [9.17, 15) is 14.4 Å². The second-order valence-electron chi connectivity index (χ2n) is 9.41. The fraction of sp³-hybridized carbons (Fsp3) is 0.407. The summed E-state index contributed by atoms with van der Waals surface area (Å²) in [5, 5.41) is 0. The number of imidazole rings is 1. The average Bonchev–Trinajstić information content (AvgIpc) is 3.47. The van der Waals surface area contributed by atoms with Crippen LogP contribution >= 0.6 is 0 Å². The molecule has 2 aromatic carbocycles. The Labute approximate surface area is 204 Å². The predicted molar refractivity (Wildman–Crippen MR) is 132 cm³/mol. The van der Waals surface area contributed by atoms with E-state index in [0.717, 1.165) is 29.7 Å². The maximum atomic E-state index is 13.2. The second kappa shape index (κ2) is 9.52. The lowest BCUT2D eigenvalue weighted by molar-refractivity contribution is -0.136. The largest absolute Gasteiger partial charge is 0.462 e. The number of nitrogens with zero attached hydrogens (tertiary/aromatic N) is 3. The Balaban J connectivity index is 1.19. The fourth-order valence-electron chi connectivity index (χ4n) is 5.08. The molecule has 1 N–H and O–H groups in total. The van der Waals surface area contributed by atoms with Crippen LogP contribution in [0.1, 0.15) is 53.8 Å². The number of esters is 1. The van der Waals surface area contributed by atoms with Crippen molar-refractivity contribution in [3.63, 3.8) is 0 Å². The van der Waals surface area contributed by atoms with E-state index in [-0.39, 0.29) is 30.1 Å². The highest BCUT2D eigenvalue weighted by atomic mass is 16.5. The van der Waals surface area contributed by atoms with Gasteiger partial charge in [-0.3, -0.25) is 9.59 Å². The number of likely N-dealkylation sites (tertiary alicyclic amines) is 1. The zero-order chi connectivity index (χ0) is 24.5. The van der Waals surface area contributed by atoms with Gasteiger partial charge in [0.2, 0.25) is 11.8 Å². The van der Waals surface area contributed by atoms with E-state index in [1.807, 2.05) is 11.0 Å². The molecule has 0 aliphatic carbocycles. The summed E-state index contributed by atoms with van der Waals surface area (Å²) in [7, 11) is 0. The summed E-state index contributed by atoms with van der Waals surface area (Å²) in [5.41, 5.74) is 4.36. The summed E-state index contributed by atoms with van der Waals surface area (Å²) < 4.78 is 5.01. The topological polar surface area (TPSA) is 95.6 Å². The maximum absolute atomic E-state index is 13.2. The molecule has 3 heterocycles. The molecular formula is C27H30N4O4. The third-order valence-corrected chi connectivity index (χ3v) is 7.01. The van der Waals surface area contributed by atoms with Crippen molar-refractivity contribution >= 4 is 34.5 Å². The zero-order valence-corrected chi connectivity index (χ0v) is 20.1. The molecule has 2 aliphatic heterocycles. The maximum Gasteiger partial charge on any atom is 0.338 e. The molecule has 3 aromatic rings. The molecule has 0 spiro atoms. The number of rotatable bonds is 5. The van der Waals surface area contributed by atoms with Gasteiger partial charge in [0, 0.05) is 37.7 Å². The first kappa shape index (κ1) is 23.1. The minimum atomic E-state index is -0.388. The molecule has 8 nitrogen and oxygen atoms in total. The number of aryl methyl sites for hydroxylation is 1. The Morgan fingerprint density at radius 2 is 1.86 bits per heavy atom. The van der Waals surface area contributed by atoms with Crippen LogP contribution in [0.15, 0.2) is 42.5 Å². The van der Waals surface area contributed by atoms with Gasteiger partial charge < -0.3 is 19.5 Å². The molecule has 1 aromatic heterocycles. The molecule has 182 valence electrons. The Morgan fingerprint density at radius 3 is 2.57 bits per heavy atom. The van der Waals surface area contributed by atoms with Crippen LogP contribution in [0, 0.1) is 12.8 Å². The van der Waals surface area contributed by atoms with Crippen molar-refractivity contribution in [3.8, 4) is 0 Å². The van der Waals surface area contributed by atoms with Gasteiger partial charge in [-0.2, -0.15) is 0 Å². The number of hydrogen-bond donors (Lipinski definition) is 1. The number of amides is 2. The fourth-order valence-corrected chi connectivity index (χ4v) is 5.08. The van der Waals surface area contributed by atoms with Crippen LogP contribution in [0.3, 0.4) is 0 Å². The molecule has 2 fully saturated rings. The summed E-state index contributed by atoms with van der Waals surface area (Å²) in [6.07, 6.45) is 1.91. The van der Waals surface area contributed by atoms with E-state index in [0.29, 0.717) is 43.4 Å². The zero-order valence-electron chi connectivity index (χ0n) is 20.1. The Kier molecular flexibility index (Phi) is 6.28. The van der Waals surface area contributed by atoms with Crippen molar-refractivity contribution < 1.29 is 19.1 Å². The number of H-pyrrole nitrogens is 1. The van der Waals surface area contributed by atoms with E-state index in [2.05, 4.69) is 24.0 Å². The van der Waals surface area contributed by atoms with Gasteiger partial charge in [0.25, 0.3) is 0 Å². The van der Waals surface area contributed by atoms with Gasteiger partial charge in [-0.25, -0.2) is 9.78 Å². The number of aromatic nitrogens is 2. The Hall–Kier alpha value is -3.68. The molecular weight excluding hydrogens is 444 g/mol. The molecule has 2 aliphatic rings. The number of carbonyl (C=O) groups excluding carboxylic acids is 3. The van der Waals surface area contributed by atoms with Crippen molar-refractivity contribution in [3.05, 3.63) is 59.4 Å². The van der Waals surface area contributed by atoms with Gasteiger partial charge in [-0.1, -0.05) is 6.07 Å². The Bertz CT molecular complexity index is 1260. The molecule has 2 amide bonds. The third-order valence-electron chi connectivity index (χ3n) is 7.01. The van der Waals surface area contributed by atoms with Crippen LogP contribution in [0.2, 0.25) is 0 Å². The average molecular weight is 475 g/mol. The highest BCUT2D eigenvalue weighted by molar-refractivity contribution is 6.00. The third kappa shape index (κ3) is 4.65. The van der Waals surface area contributed by atoms with E-state index in [1.165, 1.54) is 5.56 Å².